The molecule has 0 unspecified atom stereocenters. The summed E-state index contributed by atoms with van der Waals surface area (Å²) in [4.78, 5) is 23.1. The second kappa shape index (κ2) is 10.5. The minimum atomic E-state index is -0.111. The van der Waals surface area contributed by atoms with Gasteiger partial charge in [-0.25, -0.2) is 9.67 Å². The fraction of sp³-hybridized carbons (Fsp3) is 0.393. The standard InChI is InChI=1S/C28H34N6O2/c1-20(2)34-27-24(19-29-34)23(18-25(31-27)26-10-7-17-36-26)28(35)30-21(3)11-12-32-13-15-33(16-14-32)22-8-5-4-6-9-22/h4-10,17-21H,11-16H2,1-3H3,(H,30,35)/t21-/m1/s1. The second-order valence-corrected chi connectivity index (χ2v) is 9.78. The van der Waals surface area contributed by atoms with Gasteiger partial charge in [-0.15, -0.1) is 0 Å². The second-order valence-electron chi connectivity index (χ2n) is 9.78. The highest BCUT2D eigenvalue weighted by Gasteiger charge is 2.22. The normalized spacial score (nSPS) is 15.5. The fourth-order valence-electron chi connectivity index (χ4n) is 4.75. The van der Waals surface area contributed by atoms with Gasteiger partial charge in [0, 0.05) is 50.5 Å². The van der Waals surface area contributed by atoms with Crippen molar-refractivity contribution in [3.8, 4) is 11.5 Å². The number of nitrogens with zero attached hydrogens (tertiary/aromatic N) is 5. The number of carbonyl (C=O) groups excluding carboxylic acids is 1. The van der Waals surface area contributed by atoms with Gasteiger partial charge in [-0.3, -0.25) is 9.69 Å². The molecule has 1 aromatic carbocycles. The Kier molecular flexibility index (Phi) is 7.04. The lowest BCUT2D eigenvalue weighted by molar-refractivity contribution is 0.0937. The average Bonchev–Trinajstić information content (AvgIpc) is 3.58. The predicted octanol–water partition coefficient (Wildman–Crippen LogP) is 4.60. The maximum atomic E-state index is 13.4. The maximum absolute atomic E-state index is 13.4. The molecular weight excluding hydrogens is 452 g/mol. The summed E-state index contributed by atoms with van der Waals surface area (Å²) < 4.78 is 7.41. The fourth-order valence-corrected chi connectivity index (χ4v) is 4.75. The summed E-state index contributed by atoms with van der Waals surface area (Å²) >= 11 is 0. The van der Waals surface area contributed by atoms with Crippen molar-refractivity contribution in [2.75, 3.05) is 37.6 Å². The molecule has 1 amide bonds. The lowest BCUT2D eigenvalue weighted by atomic mass is 10.1. The number of rotatable bonds is 8. The third kappa shape index (κ3) is 5.14. The average molecular weight is 487 g/mol. The molecule has 1 atom stereocenters. The number of hydrogen-bond donors (Lipinski definition) is 1. The van der Waals surface area contributed by atoms with Crippen LogP contribution in [0.5, 0.6) is 0 Å². The Labute approximate surface area is 211 Å². The first-order valence-electron chi connectivity index (χ1n) is 12.7. The van der Waals surface area contributed by atoms with Crippen LogP contribution in [0.3, 0.4) is 0 Å². The van der Waals surface area contributed by atoms with E-state index in [2.05, 4.69) is 71.3 Å². The van der Waals surface area contributed by atoms with E-state index < -0.39 is 0 Å². The van der Waals surface area contributed by atoms with Crippen molar-refractivity contribution >= 4 is 22.6 Å². The van der Waals surface area contributed by atoms with E-state index in [1.807, 2.05) is 16.8 Å². The molecule has 188 valence electrons. The lowest BCUT2D eigenvalue weighted by Crippen LogP contribution is -2.47. The van der Waals surface area contributed by atoms with Gasteiger partial charge in [0.25, 0.3) is 5.91 Å². The quantitative estimate of drug-likeness (QED) is 0.392. The molecule has 1 fully saturated rings. The van der Waals surface area contributed by atoms with Gasteiger partial charge in [0.2, 0.25) is 0 Å². The van der Waals surface area contributed by atoms with Gasteiger partial charge in [-0.05, 0) is 57.5 Å². The van der Waals surface area contributed by atoms with Crippen molar-refractivity contribution in [2.24, 2.45) is 0 Å². The van der Waals surface area contributed by atoms with Crippen molar-refractivity contribution in [1.29, 1.82) is 0 Å². The Balaban J connectivity index is 1.23. The summed E-state index contributed by atoms with van der Waals surface area (Å²) in [6, 6.07) is 16.2. The summed E-state index contributed by atoms with van der Waals surface area (Å²) in [7, 11) is 0. The van der Waals surface area contributed by atoms with Gasteiger partial charge in [0.1, 0.15) is 5.69 Å². The monoisotopic (exact) mass is 486 g/mol. The minimum absolute atomic E-state index is 0.0417. The van der Waals surface area contributed by atoms with Crippen LogP contribution < -0.4 is 10.2 Å². The van der Waals surface area contributed by atoms with Crippen molar-refractivity contribution in [1.82, 2.24) is 25.0 Å². The van der Waals surface area contributed by atoms with E-state index in [1.54, 1.807) is 18.5 Å². The minimum Gasteiger partial charge on any atom is -0.463 e. The Bertz CT molecular complexity index is 1290. The molecule has 8 nitrogen and oxygen atoms in total. The Morgan fingerprint density at radius 2 is 1.83 bits per heavy atom. The number of anilines is 1. The van der Waals surface area contributed by atoms with Crippen molar-refractivity contribution in [2.45, 2.75) is 39.3 Å². The first-order valence-corrected chi connectivity index (χ1v) is 12.7. The number of furan rings is 1. The highest BCUT2D eigenvalue weighted by atomic mass is 16.3. The first-order chi connectivity index (χ1) is 17.5. The number of pyridine rings is 1. The largest absolute Gasteiger partial charge is 0.463 e. The van der Waals surface area contributed by atoms with Crippen LogP contribution in [0.4, 0.5) is 5.69 Å². The van der Waals surface area contributed by atoms with E-state index in [4.69, 9.17) is 9.40 Å². The van der Waals surface area contributed by atoms with E-state index in [-0.39, 0.29) is 18.0 Å². The number of aromatic nitrogens is 3. The topological polar surface area (TPSA) is 79.4 Å². The summed E-state index contributed by atoms with van der Waals surface area (Å²) in [5.41, 5.74) is 3.18. The molecule has 1 aliphatic heterocycles. The summed E-state index contributed by atoms with van der Waals surface area (Å²) in [6.45, 7) is 11.2. The third-order valence-electron chi connectivity index (χ3n) is 6.82. The molecule has 0 saturated carbocycles. The number of nitrogens with one attached hydrogen (secondary N) is 1. The molecule has 1 aliphatic rings. The molecule has 36 heavy (non-hydrogen) atoms. The number of fused-ring (bicyclic) bond motifs is 1. The summed E-state index contributed by atoms with van der Waals surface area (Å²) in [5.74, 6) is 0.519. The number of benzene rings is 1. The molecule has 8 heteroatoms. The highest BCUT2D eigenvalue weighted by Crippen LogP contribution is 2.27. The van der Waals surface area contributed by atoms with Crippen molar-refractivity contribution in [3.05, 3.63) is 66.6 Å². The van der Waals surface area contributed by atoms with E-state index in [9.17, 15) is 4.79 Å². The number of para-hydroxylation sites is 1. The molecule has 0 spiro atoms. The SMILES string of the molecule is CC(C)n1ncc2c(C(=O)N[C@H](C)CCN3CCN(c4ccccc4)CC3)cc(-c3ccco3)nc21. The zero-order valence-corrected chi connectivity index (χ0v) is 21.2. The van der Waals surface area contributed by atoms with Crippen LogP contribution in [0.25, 0.3) is 22.5 Å². The Hall–Kier alpha value is -3.65. The van der Waals surface area contributed by atoms with E-state index >= 15 is 0 Å². The molecule has 0 radical (unpaired) electrons. The lowest BCUT2D eigenvalue weighted by Gasteiger charge is -2.36. The highest BCUT2D eigenvalue weighted by molar-refractivity contribution is 6.06. The molecule has 0 aliphatic carbocycles. The predicted molar refractivity (Wildman–Crippen MR) is 142 cm³/mol. The number of hydrogen-bond acceptors (Lipinski definition) is 6. The zero-order valence-electron chi connectivity index (χ0n) is 21.2. The summed E-state index contributed by atoms with van der Waals surface area (Å²) in [6.07, 6.45) is 4.24. The van der Waals surface area contributed by atoms with E-state index in [1.165, 1.54) is 5.69 Å². The molecule has 3 aromatic heterocycles. The molecule has 4 aromatic rings. The Morgan fingerprint density at radius 3 is 2.53 bits per heavy atom. The van der Waals surface area contributed by atoms with Crippen LogP contribution in [0.2, 0.25) is 0 Å². The molecular formula is C28H34N6O2. The van der Waals surface area contributed by atoms with Gasteiger partial charge in [0.05, 0.1) is 23.4 Å². The zero-order chi connectivity index (χ0) is 25.1. The van der Waals surface area contributed by atoms with Gasteiger partial charge in [0.15, 0.2) is 11.4 Å². The Morgan fingerprint density at radius 1 is 1.06 bits per heavy atom. The third-order valence-corrected chi connectivity index (χ3v) is 6.82. The molecule has 4 heterocycles. The van der Waals surface area contributed by atoms with Gasteiger partial charge in [-0.1, -0.05) is 18.2 Å². The maximum Gasteiger partial charge on any atom is 0.252 e. The molecule has 5 rings (SSSR count). The van der Waals surface area contributed by atoms with Crippen LogP contribution in [-0.2, 0) is 0 Å². The molecule has 1 saturated heterocycles. The first kappa shape index (κ1) is 24.1. The van der Waals surface area contributed by atoms with Gasteiger partial charge >= 0.3 is 0 Å². The smallest absolute Gasteiger partial charge is 0.252 e. The van der Waals surface area contributed by atoms with Crippen LogP contribution in [-0.4, -0.2) is 64.3 Å². The number of piperazine rings is 1. The molecule has 1 N–H and O–H groups in total. The summed E-state index contributed by atoms with van der Waals surface area (Å²) in [5, 5.41) is 8.45. The van der Waals surface area contributed by atoms with Crippen molar-refractivity contribution in [3.63, 3.8) is 0 Å². The van der Waals surface area contributed by atoms with Gasteiger partial charge in [-0.2, -0.15) is 5.10 Å². The van der Waals surface area contributed by atoms with Crippen LogP contribution in [0.15, 0.2) is 65.4 Å². The molecule has 0 bridgehead atoms. The van der Waals surface area contributed by atoms with E-state index in [0.29, 0.717) is 22.7 Å². The van der Waals surface area contributed by atoms with E-state index in [0.717, 1.165) is 44.5 Å². The number of carbonyl (C=O) groups is 1. The van der Waals surface area contributed by atoms with Crippen molar-refractivity contribution < 1.29 is 9.21 Å². The van der Waals surface area contributed by atoms with Crippen LogP contribution >= 0.6 is 0 Å². The number of amides is 1. The van der Waals surface area contributed by atoms with Gasteiger partial charge < -0.3 is 14.6 Å². The van der Waals surface area contributed by atoms with Crippen LogP contribution in [0.1, 0.15) is 43.6 Å². The van der Waals surface area contributed by atoms with Crippen LogP contribution in [0, 0.1) is 0 Å².